The predicted octanol–water partition coefficient (Wildman–Crippen LogP) is 6.47. The first kappa shape index (κ1) is 32.2. The minimum atomic E-state index is -6.28. The topological polar surface area (TPSA) is 100 Å². The molecule has 0 aliphatic carbocycles. The lowest BCUT2D eigenvalue weighted by Gasteiger charge is -2.40. The van der Waals surface area contributed by atoms with Crippen molar-refractivity contribution in [1.29, 1.82) is 0 Å². The van der Waals surface area contributed by atoms with Gasteiger partial charge in [0.1, 0.15) is 28.2 Å². The van der Waals surface area contributed by atoms with E-state index in [1.165, 1.54) is 36.4 Å². The van der Waals surface area contributed by atoms with Gasteiger partial charge in [0.2, 0.25) is 0 Å². The third kappa shape index (κ3) is 4.86. The van der Waals surface area contributed by atoms with E-state index in [-0.39, 0.29) is 43.7 Å². The van der Waals surface area contributed by atoms with E-state index in [1.54, 1.807) is 24.3 Å². The Morgan fingerprint density at radius 2 is 1.40 bits per heavy atom. The molecular formula is C34H32F3N3O6S. The summed E-state index contributed by atoms with van der Waals surface area (Å²) in [7, 11) is -6.28. The van der Waals surface area contributed by atoms with Gasteiger partial charge in [-0.25, -0.2) is 9.10 Å². The van der Waals surface area contributed by atoms with Crippen LogP contribution in [0.15, 0.2) is 82.0 Å². The van der Waals surface area contributed by atoms with E-state index < -0.39 is 32.6 Å². The van der Waals surface area contributed by atoms with E-state index in [4.69, 9.17) is 9.15 Å². The van der Waals surface area contributed by atoms with Crippen LogP contribution < -0.4 is 20.2 Å². The van der Waals surface area contributed by atoms with Crippen molar-refractivity contribution in [2.75, 3.05) is 36.0 Å². The number of alkyl halides is 3. The molecule has 1 unspecified atom stereocenters. The van der Waals surface area contributed by atoms with Crippen LogP contribution in [0.5, 0.6) is 5.75 Å². The Hall–Kier alpha value is -4.78. The highest BCUT2D eigenvalue weighted by Gasteiger charge is 2.64. The zero-order valence-electron chi connectivity index (χ0n) is 26.1. The summed E-state index contributed by atoms with van der Waals surface area (Å²) in [6.07, 6.45) is 1.10. The number of carbonyl (C=O) groups excluding carboxylic acids is 1. The number of ether oxygens (including phenoxy) is 1. The quantitative estimate of drug-likeness (QED) is 0.197. The normalized spacial score (nSPS) is 17.4. The molecular weight excluding hydrogens is 635 g/mol. The highest BCUT2D eigenvalue weighted by molar-refractivity contribution is 7.90. The summed E-state index contributed by atoms with van der Waals surface area (Å²) in [5, 5.41) is 0.499. The maximum absolute atomic E-state index is 14.3. The number of rotatable bonds is 8. The Morgan fingerprint density at radius 3 is 2.04 bits per heavy atom. The van der Waals surface area contributed by atoms with Crippen molar-refractivity contribution in [3.63, 3.8) is 0 Å². The average molecular weight is 668 g/mol. The molecule has 1 aromatic heterocycles. The summed E-state index contributed by atoms with van der Waals surface area (Å²) >= 11 is 0. The summed E-state index contributed by atoms with van der Waals surface area (Å²) in [5.74, 6) is -1.64. The van der Waals surface area contributed by atoms with Gasteiger partial charge >= 0.3 is 21.2 Å². The standard InChI is InChI=1S/C34H32F3N3O6S/c1-5-38(6-2)22-14-13-21-17-25(32(42)46-28(21)18-22)30-20-33(27-16-15-23(19-29(27)45-30)39(7-3)8-4)26-12-10-9-11-24(26)31(41)40(33)47(43,44)34(35,36)37/h9-20H,5-8H2,1-4H3. The zero-order valence-corrected chi connectivity index (χ0v) is 26.9. The van der Waals surface area contributed by atoms with Gasteiger partial charge in [0.25, 0.3) is 5.91 Å². The van der Waals surface area contributed by atoms with Crippen LogP contribution in [0.25, 0.3) is 16.7 Å². The number of anilines is 2. The maximum atomic E-state index is 14.3. The van der Waals surface area contributed by atoms with Gasteiger partial charge in [0.15, 0.2) is 0 Å². The fraction of sp³-hybridized carbons (Fsp3) is 0.294. The monoisotopic (exact) mass is 667 g/mol. The summed E-state index contributed by atoms with van der Waals surface area (Å²) in [4.78, 5) is 31.4. The lowest BCUT2D eigenvalue weighted by Crippen LogP contribution is -2.52. The van der Waals surface area contributed by atoms with Crippen molar-refractivity contribution < 1.29 is 35.5 Å². The molecule has 1 spiro atoms. The zero-order chi connectivity index (χ0) is 33.9. The number of fused-ring (bicyclic) bond motifs is 5. The molecule has 9 nitrogen and oxygen atoms in total. The van der Waals surface area contributed by atoms with Gasteiger partial charge in [-0.2, -0.15) is 21.6 Å². The molecule has 1 atom stereocenters. The van der Waals surface area contributed by atoms with Crippen LogP contribution >= 0.6 is 0 Å². The van der Waals surface area contributed by atoms with Crippen molar-refractivity contribution in [1.82, 2.24) is 4.31 Å². The van der Waals surface area contributed by atoms with E-state index >= 15 is 0 Å². The minimum Gasteiger partial charge on any atom is -0.456 e. The Balaban J connectivity index is 1.67. The molecule has 3 heterocycles. The van der Waals surface area contributed by atoms with Gasteiger partial charge in [0.05, 0.1) is 0 Å². The van der Waals surface area contributed by atoms with Crippen molar-refractivity contribution in [2.24, 2.45) is 0 Å². The largest absolute Gasteiger partial charge is 0.516 e. The van der Waals surface area contributed by atoms with Gasteiger partial charge in [-0.3, -0.25) is 4.79 Å². The number of sulfonamides is 1. The van der Waals surface area contributed by atoms with Gasteiger partial charge < -0.3 is 19.0 Å². The van der Waals surface area contributed by atoms with Crippen LogP contribution in [0.2, 0.25) is 0 Å². The van der Waals surface area contributed by atoms with Crippen LogP contribution in [-0.2, 0) is 15.6 Å². The lowest BCUT2D eigenvalue weighted by molar-refractivity contribution is -0.0496. The van der Waals surface area contributed by atoms with Gasteiger partial charge in [-0.05, 0) is 64.1 Å². The van der Waals surface area contributed by atoms with Crippen LogP contribution in [-0.4, -0.2) is 50.3 Å². The molecule has 246 valence electrons. The Labute approximate surface area is 269 Å². The molecule has 0 radical (unpaired) electrons. The highest BCUT2D eigenvalue weighted by atomic mass is 32.2. The van der Waals surface area contributed by atoms with Gasteiger partial charge in [-0.15, -0.1) is 0 Å². The number of nitrogens with zero attached hydrogens (tertiary/aromatic N) is 3. The summed E-state index contributed by atoms with van der Waals surface area (Å²) in [6.45, 7) is 10.4. The van der Waals surface area contributed by atoms with E-state index in [0.717, 1.165) is 24.9 Å². The lowest BCUT2D eigenvalue weighted by atomic mass is 9.80. The second kappa shape index (κ2) is 11.5. The van der Waals surface area contributed by atoms with Gasteiger partial charge in [0, 0.05) is 71.8 Å². The minimum absolute atomic E-state index is 0.00972. The SMILES string of the molecule is CCN(CC)c1ccc2c(c1)OC(c1cc3ccc(N(CC)CC)cc3oc1=O)=CC21c2ccccc2C(=O)N1S(=O)(=O)C(F)(F)F. The first-order valence-electron chi connectivity index (χ1n) is 15.2. The predicted molar refractivity (Wildman–Crippen MR) is 173 cm³/mol. The van der Waals surface area contributed by atoms with Crippen LogP contribution in [0.4, 0.5) is 24.5 Å². The number of hydrogen-bond acceptors (Lipinski definition) is 8. The molecule has 4 aromatic rings. The molecule has 13 heteroatoms. The Bertz CT molecular complexity index is 2100. The van der Waals surface area contributed by atoms with Crippen molar-refractivity contribution in [3.05, 3.63) is 105 Å². The Kier molecular flexibility index (Phi) is 7.86. The maximum Gasteiger partial charge on any atom is 0.516 e. The second-order valence-corrected chi connectivity index (χ2v) is 12.9. The smallest absolute Gasteiger partial charge is 0.456 e. The number of carbonyl (C=O) groups is 1. The third-order valence-electron chi connectivity index (χ3n) is 8.78. The van der Waals surface area contributed by atoms with Crippen molar-refractivity contribution in [2.45, 2.75) is 38.7 Å². The first-order chi connectivity index (χ1) is 22.3. The van der Waals surface area contributed by atoms with E-state index in [0.29, 0.717) is 24.2 Å². The van der Waals surface area contributed by atoms with Crippen LogP contribution in [0, 0.1) is 0 Å². The number of amides is 1. The Morgan fingerprint density at radius 1 is 0.787 bits per heavy atom. The molecule has 0 saturated carbocycles. The van der Waals surface area contributed by atoms with Crippen LogP contribution in [0.3, 0.4) is 0 Å². The number of benzene rings is 3. The molecule has 2 aliphatic heterocycles. The van der Waals surface area contributed by atoms with Gasteiger partial charge in [-0.1, -0.05) is 24.3 Å². The molecule has 6 rings (SSSR count). The first-order valence-corrected chi connectivity index (χ1v) is 16.6. The molecule has 0 N–H and O–H groups in total. The number of hydrogen-bond donors (Lipinski definition) is 0. The van der Waals surface area contributed by atoms with Crippen molar-refractivity contribution >= 4 is 44.0 Å². The van der Waals surface area contributed by atoms with Crippen LogP contribution in [0.1, 0.15) is 54.7 Å². The highest BCUT2D eigenvalue weighted by Crippen LogP contribution is 2.55. The van der Waals surface area contributed by atoms with Crippen molar-refractivity contribution in [3.8, 4) is 5.75 Å². The molecule has 2 aliphatic rings. The molecule has 0 fully saturated rings. The molecule has 0 bridgehead atoms. The van der Waals surface area contributed by atoms with E-state index in [1.807, 2.05) is 38.7 Å². The summed E-state index contributed by atoms with van der Waals surface area (Å²) in [6, 6.07) is 17.1. The second-order valence-electron chi connectivity index (χ2n) is 11.1. The average Bonchev–Trinajstić information content (AvgIpc) is 3.29. The third-order valence-corrected chi connectivity index (χ3v) is 10.3. The van der Waals surface area contributed by atoms with E-state index in [9.17, 15) is 31.2 Å². The molecule has 1 amide bonds. The molecule has 47 heavy (non-hydrogen) atoms. The fourth-order valence-electron chi connectivity index (χ4n) is 6.48. The summed E-state index contributed by atoms with van der Waals surface area (Å²) in [5.41, 5.74) is -7.69. The number of halogens is 3. The fourth-order valence-corrected chi connectivity index (χ4v) is 7.63. The van der Waals surface area contributed by atoms with E-state index in [2.05, 4.69) is 4.90 Å². The summed E-state index contributed by atoms with van der Waals surface area (Å²) < 4.78 is 81.5. The molecule has 3 aromatic carbocycles. The molecule has 0 saturated heterocycles.